The van der Waals surface area contributed by atoms with Gasteiger partial charge in [0.25, 0.3) is 0 Å². The van der Waals surface area contributed by atoms with E-state index in [4.69, 9.17) is 11.6 Å². The molecule has 1 N–H and O–H groups in total. The molecule has 2 rings (SSSR count). The molecule has 7 nitrogen and oxygen atoms in total. The van der Waals surface area contributed by atoms with Crippen LogP contribution in [0, 0.1) is 6.92 Å². The van der Waals surface area contributed by atoms with Gasteiger partial charge in [0.1, 0.15) is 12.6 Å². The molecule has 0 aliphatic heterocycles. The highest BCUT2D eigenvalue weighted by Crippen LogP contribution is 2.37. The van der Waals surface area contributed by atoms with Gasteiger partial charge >= 0.3 is 6.18 Å². The number of halogens is 4. The van der Waals surface area contributed by atoms with Crippen molar-refractivity contribution in [3.05, 3.63) is 64.2 Å². The number of amides is 2. The van der Waals surface area contributed by atoms with Crippen molar-refractivity contribution in [2.24, 2.45) is 0 Å². The number of sulfonamides is 1. The maximum Gasteiger partial charge on any atom is 0.417 e. The van der Waals surface area contributed by atoms with Gasteiger partial charge < -0.3 is 10.2 Å². The first kappa shape index (κ1) is 29.4. The summed E-state index contributed by atoms with van der Waals surface area (Å²) in [7, 11) is -4.19. The largest absolute Gasteiger partial charge is 0.417 e. The van der Waals surface area contributed by atoms with Crippen molar-refractivity contribution in [1.82, 2.24) is 10.2 Å². The third-order valence-electron chi connectivity index (χ3n) is 5.39. The molecule has 0 aromatic heterocycles. The number of carbonyl (C=O) groups excluding carboxylic acids is 2. The van der Waals surface area contributed by atoms with E-state index in [0.717, 1.165) is 24.0 Å². The number of rotatable bonds is 10. The van der Waals surface area contributed by atoms with Crippen molar-refractivity contribution in [2.45, 2.75) is 46.0 Å². The molecule has 0 saturated carbocycles. The SMILES string of the molecule is CCNC(=O)C(CC)N(Cc1cccc(C)c1)C(=O)CN(c1ccc(Cl)c(C(F)(F)F)c1)S(C)(=O)=O. The quantitative estimate of drug-likeness (QED) is 0.478. The Morgan fingerprint density at radius 3 is 2.31 bits per heavy atom. The van der Waals surface area contributed by atoms with Crippen LogP contribution in [0.25, 0.3) is 0 Å². The van der Waals surface area contributed by atoms with E-state index in [2.05, 4.69) is 5.32 Å². The smallest absolute Gasteiger partial charge is 0.355 e. The van der Waals surface area contributed by atoms with Crippen LogP contribution in [-0.2, 0) is 32.3 Å². The van der Waals surface area contributed by atoms with Crippen molar-refractivity contribution in [3.63, 3.8) is 0 Å². The van der Waals surface area contributed by atoms with E-state index in [1.165, 1.54) is 4.90 Å². The zero-order valence-electron chi connectivity index (χ0n) is 20.4. The summed E-state index contributed by atoms with van der Waals surface area (Å²) in [5.41, 5.74) is 0.0321. The molecular weight excluding hydrogens is 519 g/mol. The fourth-order valence-corrected chi connectivity index (χ4v) is 4.78. The molecule has 0 aliphatic carbocycles. The van der Waals surface area contributed by atoms with Gasteiger partial charge in [-0.25, -0.2) is 8.42 Å². The molecule has 0 heterocycles. The zero-order chi connectivity index (χ0) is 27.3. The van der Waals surface area contributed by atoms with Crippen LogP contribution >= 0.6 is 11.6 Å². The Bertz CT molecular complexity index is 1210. The summed E-state index contributed by atoms with van der Waals surface area (Å²) in [5.74, 6) is -1.17. The minimum absolute atomic E-state index is 0.00216. The van der Waals surface area contributed by atoms with Crippen LogP contribution in [0.15, 0.2) is 42.5 Å². The summed E-state index contributed by atoms with van der Waals surface area (Å²) >= 11 is 5.68. The number of anilines is 1. The maximum absolute atomic E-state index is 13.5. The molecule has 36 heavy (non-hydrogen) atoms. The fraction of sp³-hybridized carbons (Fsp3) is 0.417. The lowest BCUT2D eigenvalue weighted by Crippen LogP contribution is -2.52. The number of alkyl halides is 3. The van der Waals surface area contributed by atoms with Gasteiger partial charge in [0, 0.05) is 13.1 Å². The van der Waals surface area contributed by atoms with E-state index < -0.39 is 51.2 Å². The summed E-state index contributed by atoms with van der Waals surface area (Å²) in [5, 5.41) is 2.07. The third-order valence-corrected chi connectivity index (χ3v) is 6.87. The van der Waals surface area contributed by atoms with Crippen molar-refractivity contribution >= 4 is 39.1 Å². The molecule has 0 fully saturated rings. The summed E-state index contributed by atoms with van der Waals surface area (Å²) in [6.45, 7) is 4.81. The standard InChI is InChI=1S/C24H29ClF3N3O4S/c1-5-21(23(33)29-6-2)30(14-17-9-7-8-16(3)12-17)22(32)15-31(36(4,34)35)18-10-11-20(25)19(13-18)24(26,27)28/h7-13,21H,5-6,14-15H2,1-4H3,(H,29,33). The van der Waals surface area contributed by atoms with Crippen molar-refractivity contribution in [3.8, 4) is 0 Å². The molecule has 2 aromatic carbocycles. The number of hydrogen-bond acceptors (Lipinski definition) is 4. The average molecular weight is 548 g/mol. The minimum Gasteiger partial charge on any atom is -0.355 e. The molecule has 2 aromatic rings. The normalized spacial score (nSPS) is 12.7. The van der Waals surface area contributed by atoms with Gasteiger partial charge in [-0.2, -0.15) is 13.2 Å². The van der Waals surface area contributed by atoms with Crippen molar-refractivity contribution in [2.75, 3.05) is 23.7 Å². The lowest BCUT2D eigenvalue weighted by molar-refractivity contribution is -0.140. The summed E-state index contributed by atoms with van der Waals surface area (Å²) in [4.78, 5) is 27.5. The Kier molecular flexibility index (Phi) is 9.78. The number of nitrogens with one attached hydrogen (secondary N) is 1. The highest BCUT2D eigenvalue weighted by Gasteiger charge is 2.36. The van der Waals surface area contributed by atoms with Crippen LogP contribution in [-0.4, -0.2) is 50.5 Å². The molecule has 0 spiro atoms. The number of benzene rings is 2. The second-order valence-corrected chi connectivity index (χ2v) is 10.6. The second kappa shape index (κ2) is 12.0. The Hall–Kier alpha value is -2.79. The molecule has 198 valence electrons. The second-order valence-electron chi connectivity index (χ2n) is 8.26. The molecule has 0 bridgehead atoms. The van der Waals surface area contributed by atoms with Gasteiger partial charge in [0.05, 0.1) is 22.5 Å². The Morgan fingerprint density at radius 2 is 1.78 bits per heavy atom. The molecule has 0 radical (unpaired) electrons. The van der Waals surface area contributed by atoms with E-state index >= 15 is 0 Å². The number of aryl methyl sites for hydroxylation is 1. The molecule has 1 unspecified atom stereocenters. The summed E-state index contributed by atoms with van der Waals surface area (Å²) < 4.78 is 65.9. The topological polar surface area (TPSA) is 86.8 Å². The van der Waals surface area contributed by atoms with Crippen LogP contribution < -0.4 is 9.62 Å². The maximum atomic E-state index is 13.5. The highest BCUT2D eigenvalue weighted by atomic mass is 35.5. The highest BCUT2D eigenvalue weighted by molar-refractivity contribution is 7.92. The zero-order valence-corrected chi connectivity index (χ0v) is 22.0. The number of carbonyl (C=O) groups is 2. The third kappa shape index (κ3) is 7.60. The van der Waals surface area contributed by atoms with Gasteiger partial charge in [-0.15, -0.1) is 0 Å². The van der Waals surface area contributed by atoms with E-state index in [1.54, 1.807) is 26.0 Å². The van der Waals surface area contributed by atoms with Crippen LogP contribution in [0.2, 0.25) is 5.02 Å². The van der Waals surface area contributed by atoms with Gasteiger partial charge in [-0.1, -0.05) is 48.4 Å². The Labute approximate surface area is 214 Å². The van der Waals surface area contributed by atoms with Gasteiger partial charge in [-0.3, -0.25) is 13.9 Å². The van der Waals surface area contributed by atoms with Crippen molar-refractivity contribution < 1.29 is 31.2 Å². The van der Waals surface area contributed by atoms with Gasteiger partial charge in [0.2, 0.25) is 21.8 Å². The summed E-state index contributed by atoms with van der Waals surface area (Å²) in [6.07, 6.45) is -3.81. The predicted octanol–water partition coefficient (Wildman–Crippen LogP) is 4.38. The number of nitrogens with zero attached hydrogens (tertiary/aromatic N) is 2. The predicted molar refractivity (Wildman–Crippen MR) is 133 cm³/mol. The van der Waals surface area contributed by atoms with E-state index in [1.807, 2.05) is 19.1 Å². The van der Waals surface area contributed by atoms with Crippen LogP contribution in [0.3, 0.4) is 0 Å². The van der Waals surface area contributed by atoms with E-state index in [-0.39, 0.29) is 18.7 Å². The number of hydrogen-bond donors (Lipinski definition) is 1. The van der Waals surface area contributed by atoms with E-state index in [0.29, 0.717) is 22.5 Å². The van der Waals surface area contributed by atoms with Crippen LogP contribution in [0.1, 0.15) is 37.0 Å². The molecule has 0 saturated heterocycles. The van der Waals surface area contributed by atoms with Crippen molar-refractivity contribution in [1.29, 1.82) is 0 Å². The molecular formula is C24H29ClF3N3O4S. The molecule has 2 amide bonds. The Morgan fingerprint density at radius 1 is 1.11 bits per heavy atom. The molecule has 1 atom stereocenters. The number of likely N-dealkylation sites (N-methyl/N-ethyl adjacent to an activating group) is 1. The molecule has 12 heteroatoms. The lowest BCUT2D eigenvalue weighted by atomic mass is 10.1. The first-order chi connectivity index (χ1) is 16.7. The average Bonchev–Trinajstić information content (AvgIpc) is 2.76. The summed E-state index contributed by atoms with van der Waals surface area (Å²) in [6, 6.07) is 8.93. The lowest BCUT2D eigenvalue weighted by Gasteiger charge is -2.33. The fourth-order valence-electron chi connectivity index (χ4n) is 3.72. The first-order valence-electron chi connectivity index (χ1n) is 11.2. The molecule has 0 aliphatic rings. The van der Waals surface area contributed by atoms with E-state index in [9.17, 15) is 31.2 Å². The minimum atomic E-state index is -4.83. The first-order valence-corrected chi connectivity index (χ1v) is 13.4. The van der Waals surface area contributed by atoms with Gasteiger partial charge in [0.15, 0.2) is 0 Å². The van der Waals surface area contributed by atoms with Gasteiger partial charge in [-0.05, 0) is 44.0 Å². The van der Waals surface area contributed by atoms with Crippen LogP contribution in [0.5, 0.6) is 0 Å². The van der Waals surface area contributed by atoms with Crippen LogP contribution in [0.4, 0.5) is 18.9 Å². The Balaban J connectivity index is 2.52. The monoisotopic (exact) mass is 547 g/mol.